The van der Waals surface area contributed by atoms with Gasteiger partial charge >= 0.3 is 5.97 Å². The lowest BCUT2D eigenvalue weighted by Gasteiger charge is -2.13. The van der Waals surface area contributed by atoms with E-state index in [0.717, 1.165) is 5.56 Å². The van der Waals surface area contributed by atoms with Gasteiger partial charge in [0.1, 0.15) is 5.82 Å². The van der Waals surface area contributed by atoms with Gasteiger partial charge in [0.05, 0.1) is 24.0 Å². The summed E-state index contributed by atoms with van der Waals surface area (Å²) in [5.74, 6) is -1.21. The standard InChI is InChI=1S/C17H15FN2O3.C2H6/c1-9-3-4-14(13(18)5-9)20-15-7-11-10(8-19-16(11)21)6-12(15)17(22)23-2;1-2/h3-7,20H,8H2,1-2H3,(H,19,21);1-2H3. The number of hydrogen-bond donors (Lipinski definition) is 2. The first-order valence-corrected chi connectivity index (χ1v) is 8.06. The number of halogens is 1. The summed E-state index contributed by atoms with van der Waals surface area (Å²) in [4.78, 5) is 23.8. The number of anilines is 2. The molecule has 3 rings (SSSR count). The van der Waals surface area contributed by atoms with Crippen LogP contribution in [0.5, 0.6) is 0 Å². The Balaban J connectivity index is 0.00000109. The van der Waals surface area contributed by atoms with E-state index in [-0.39, 0.29) is 17.2 Å². The number of ether oxygens (including phenoxy) is 1. The van der Waals surface area contributed by atoms with Crippen molar-refractivity contribution in [3.63, 3.8) is 0 Å². The zero-order valence-corrected chi connectivity index (χ0v) is 14.7. The molecule has 2 aromatic carbocycles. The molecule has 1 aliphatic heterocycles. The van der Waals surface area contributed by atoms with Gasteiger partial charge in [0.15, 0.2) is 0 Å². The summed E-state index contributed by atoms with van der Waals surface area (Å²) in [5.41, 5.74) is 2.77. The molecular weight excluding hydrogens is 323 g/mol. The van der Waals surface area contributed by atoms with E-state index in [2.05, 4.69) is 10.6 Å². The minimum absolute atomic E-state index is 0.219. The SMILES string of the molecule is CC.COC(=O)c1cc2c(cc1Nc1ccc(C)cc1F)C(=O)NC2. The van der Waals surface area contributed by atoms with Crippen molar-refractivity contribution >= 4 is 23.3 Å². The topological polar surface area (TPSA) is 67.4 Å². The molecule has 0 aromatic heterocycles. The van der Waals surface area contributed by atoms with Crippen molar-refractivity contribution in [2.75, 3.05) is 12.4 Å². The van der Waals surface area contributed by atoms with E-state index in [1.165, 1.54) is 13.2 Å². The number of methoxy groups -OCH3 is 1. The lowest BCUT2D eigenvalue weighted by molar-refractivity contribution is 0.0601. The second-order valence-corrected chi connectivity index (χ2v) is 5.34. The van der Waals surface area contributed by atoms with E-state index < -0.39 is 11.8 Å². The van der Waals surface area contributed by atoms with Gasteiger partial charge in [-0.15, -0.1) is 0 Å². The molecule has 5 nitrogen and oxygen atoms in total. The van der Waals surface area contributed by atoms with Gasteiger partial charge in [-0.2, -0.15) is 0 Å². The van der Waals surface area contributed by atoms with E-state index >= 15 is 0 Å². The number of carbonyl (C=O) groups is 2. The van der Waals surface area contributed by atoms with Crippen LogP contribution in [0.1, 0.15) is 45.7 Å². The van der Waals surface area contributed by atoms with Gasteiger partial charge in [-0.1, -0.05) is 19.9 Å². The van der Waals surface area contributed by atoms with E-state index in [1.54, 1.807) is 31.2 Å². The highest BCUT2D eigenvalue weighted by molar-refractivity contribution is 6.04. The average Bonchev–Trinajstić information content (AvgIpc) is 2.98. The van der Waals surface area contributed by atoms with E-state index in [1.807, 2.05) is 13.8 Å². The van der Waals surface area contributed by atoms with E-state index in [4.69, 9.17) is 4.74 Å². The van der Waals surface area contributed by atoms with Crippen LogP contribution in [0.3, 0.4) is 0 Å². The zero-order chi connectivity index (χ0) is 18.6. The Hall–Kier alpha value is -2.89. The number of nitrogens with one attached hydrogen (secondary N) is 2. The maximum atomic E-state index is 14.0. The quantitative estimate of drug-likeness (QED) is 0.828. The van der Waals surface area contributed by atoms with Crippen LogP contribution in [0, 0.1) is 12.7 Å². The molecule has 25 heavy (non-hydrogen) atoms. The summed E-state index contributed by atoms with van der Waals surface area (Å²) in [7, 11) is 1.27. The molecule has 1 aliphatic rings. The Morgan fingerprint density at radius 2 is 1.92 bits per heavy atom. The van der Waals surface area contributed by atoms with Crippen molar-refractivity contribution in [1.82, 2.24) is 5.32 Å². The molecular formula is C19H21FN2O3. The fraction of sp³-hybridized carbons (Fsp3) is 0.263. The van der Waals surface area contributed by atoms with Crippen molar-refractivity contribution in [2.45, 2.75) is 27.3 Å². The van der Waals surface area contributed by atoms with Crippen molar-refractivity contribution < 1.29 is 18.7 Å². The molecule has 0 spiro atoms. The van der Waals surface area contributed by atoms with Gasteiger partial charge in [0.25, 0.3) is 5.91 Å². The molecule has 0 fully saturated rings. The van der Waals surface area contributed by atoms with Crippen LogP contribution in [0.2, 0.25) is 0 Å². The Labute approximate surface area is 146 Å². The lowest BCUT2D eigenvalue weighted by Crippen LogP contribution is -2.12. The molecule has 1 heterocycles. The number of fused-ring (bicyclic) bond motifs is 1. The van der Waals surface area contributed by atoms with Crippen LogP contribution in [0.25, 0.3) is 0 Å². The molecule has 1 amide bonds. The smallest absolute Gasteiger partial charge is 0.339 e. The molecule has 0 unspecified atom stereocenters. The third-order valence-electron chi connectivity index (χ3n) is 3.73. The monoisotopic (exact) mass is 344 g/mol. The molecule has 132 valence electrons. The predicted molar refractivity (Wildman–Crippen MR) is 94.7 cm³/mol. The third-order valence-corrected chi connectivity index (χ3v) is 3.73. The minimum Gasteiger partial charge on any atom is -0.465 e. The molecule has 0 saturated heterocycles. The first kappa shape index (κ1) is 18.4. The zero-order valence-electron chi connectivity index (χ0n) is 14.7. The number of aryl methyl sites for hydroxylation is 1. The Kier molecular flexibility index (Phi) is 5.75. The van der Waals surface area contributed by atoms with Gasteiger partial charge in [-0.05, 0) is 42.3 Å². The first-order valence-electron chi connectivity index (χ1n) is 8.06. The van der Waals surface area contributed by atoms with Gasteiger partial charge in [-0.25, -0.2) is 9.18 Å². The number of benzene rings is 2. The lowest BCUT2D eigenvalue weighted by atomic mass is 10.0. The Morgan fingerprint density at radius 3 is 2.56 bits per heavy atom. The number of esters is 1. The van der Waals surface area contributed by atoms with Crippen LogP contribution in [-0.2, 0) is 11.3 Å². The van der Waals surface area contributed by atoms with Crippen molar-refractivity contribution in [2.24, 2.45) is 0 Å². The number of rotatable bonds is 3. The predicted octanol–water partition coefficient (Wildman–Crippen LogP) is 3.93. The van der Waals surface area contributed by atoms with Crippen molar-refractivity contribution in [3.05, 3.63) is 58.4 Å². The molecule has 0 saturated carbocycles. The molecule has 2 N–H and O–H groups in total. The highest BCUT2D eigenvalue weighted by Gasteiger charge is 2.24. The maximum absolute atomic E-state index is 14.0. The van der Waals surface area contributed by atoms with Crippen LogP contribution in [-0.4, -0.2) is 19.0 Å². The Morgan fingerprint density at radius 1 is 1.20 bits per heavy atom. The summed E-state index contributed by atoms with van der Waals surface area (Å²) in [5, 5.41) is 5.56. The normalized spacial score (nSPS) is 11.8. The van der Waals surface area contributed by atoms with Crippen molar-refractivity contribution in [3.8, 4) is 0 Å². The fourth-order valence-corrected chi connectivity index (χ4v) is 2.52. The van der Waals surface area contributed by atoms with Gasteiger partial charge < -0.3 is 15.4 Å². The summed E-state index contributed by atoms with van der Waals surface area (Å²) < 4.78 is 18.8. The first-order chi connectivity index (χ1) is 12.0. The maximum Gasteiger partial charge on any atom is 0.339 e. The van der Waals surface area contributed by atoms with Crippen LogP contribution < -0.4 is 10.6 Å². The number of amides is 1. The highest BCUT2D eigenvalue weighted by atomic mass is 19.1. The van der Waals surface area contributed by atoms with E-state index in [9.17, 15) is 14.0 Å². The molecule has 0 bridgehead atoms. The Bertz CT molecular complexity index is 819. The molecule has 0 radical (unpaired) electrons. The summed E-state index contributed by atoms with van der Waals surface area (Å²) in [6.45, 7) is 6.14. The second kappa shape index (κ2) is 7.79. The third kappa shape index (κ3) is 3.79. The highest BCUT2D eigenvalue weighted by Crippen LogP contribution is 2.29. The number of carbonyl (C=O) groups excluding carboxylic acids is 2. The van der Waals surface area contributed by atoms with Crippen molar-refractivity contribution in [1.29, 1.82) is 0 Å². The second-order valence-electron chi connectivity index (χ2n) is 5.34. The summed E-state index contributed by atoms with van der Waals surface area (Å²) in [6.07, 6.45) is 0. The van der Waals surface area contributed by atoms with Crippen LogP contribution >= 0.6 is 0 Å². The summed E-state index contributed by atoms with van der Waals surface area (Å²) >= 11 is 0. The van der Waals surface area contributed by atoms with Gasteiger partial charge in [0.2, 0.25) is 0 Å². The van der Waals surface area contributed by atoms with Crippen LogP contribution in [0.4, 0.5) is 15.8 Å². The van der Waals surface area contributed by atoms with Crippen LogP contribution in [0.15, 0.2) is 30.3 Å². The number of hydrogen-bond acceptors (Lipinski definition) is 4. The molecule has 0 atom stereocenters. The van der Waals surface area contributed by atoms with E-state index in [0.29, 0.717) is 23.4 Å². The molecule has 6 heteroatoms. The average molecular weight is 344 g/mol. The summed E-state index contributed by atoms with van der Waals surface area (Å²) in [6, 6.07) is 7.86. The molecule has 2 aromatic rings. The van der Waals surface area contributed by atoms with Gasteiger partial charge in [-0.3, -0.25) is 4.79 Å². The molecule has 0 aliphatic carbocycles. The van der Waals surface area contributed by atoms with Gasteiger partial charge in [0, 0.05) is 12.1 Å². The largest absolute Gasteiger partial charge is 0.465 e. The minimum atomic E-state index is -0.554. The fourth-order valence-electron chi connectivity index (χ4n) is 2.52.